The molecule has 0 aromatic heterocycles. The summed E-state index contributed by atoms with van der Waals surface area (Å²) >= 11 is 6.06. The van der Waals surface area contributed by atoms with Crippen molar-refractivity contribution in [1.29, 1.82) is 5.26 Å². The van der Waals surface area contributed by atoms with Crippen LogP contribution in [0.3, 0.4) is 0 Å². The van der Waals surface area contributed by atoms with E-state index in [1.54, 1.807) is 12.1 Å². The Hall–Kier alpha value is -1.89. The molecule has 0 aliphatic heterocycles. The van der Waals surface area contributed by atoms with Crippen molar-refractivity contribution in [3.05, 3.63) is 58.4 Å². The molecule has 108 valence electrons. The Labute approximate surface area is 129 Å². The minimum Gasteiger partial charge on any atom is -0.310 e. The van der Waals surface area contributed by atoms with Gasteiger partial charge in [0.15, 0.2) is 0 Å². The second-order valence-corrected chi connectivity index (χ2v) is 5.61. The van der Waals surface area contributed by atoms with Gasteiger partial charge in [0.05, 0.1) is 11.6 Å². The predicted molar refractivity (Wildman–Crippen MR) is 83.5 cm³/mol. The Balaban J connectivity index is 2.49. The normalized spacial score (nSPS) is 10.7. The highest BCUT2D eigenvalue weighted by Gasteiger charge is 2.09. The Bertz CT molecular complexity index is 690. The van der Waals surface area contributed by atoms with Crippen LogP contribution in [0.4, 0.5) is 4.39 Å². The van der Waals surface area contributed by atoms with Gasteiger partial charge in [0.2, 0.25) is 0 Å². The second kappa shape index (κ2) is 6.71. The first-order chi connectivity index (χ1) is 9.99. The van der Waals surface area contributed by atoms with Crippen molar-refractivity contribution >= 4 is 11.6 Å². The molecule has 0 heterocycles. The van der Waals surface area contributed by atoms with Crippen LogP contribution in [0.25, 0.3) is 11.1 Å². The van der Waals surface area contributed by atoms with Crippen LogP contribution in [0.15, 0.2) is 36.4 Å². The van der Waals surface area contributed by atoms with Crippen molar-refractivity contribution in [3.8, 4) is 17.2 Å². The molecule has 0 atom stereocenters. The van der Waals surface area contributed by atoms with Crippen LogP contribution in [0, 0.1) is 17.1 Å². The van der Waals surface area contributed by atoms with Gasteiger partial charge in [0.25, 0.3) is 0 Å². The fourth-order valence-corrected chi connectivity index (χ4v) is 2.27. The number of benzene rings is 2. The van der Waals surface area contributed by atoms with Gasteiger partial charge in [0, 0.05) is 17.6 Å². The summed E-state index contributed by atoms with van der Waals surface area (Å²) in [6.07, 6.45) is 0. The summed E-state index contributed by atoms with van der Waals surface area (Å²) < 4.78 is 13.6. The van der Waals surface area contributed by atoms with Gasteiger partial charge in [-0.15, -0.1) is 0 Å². The fourth-order valence-electron chi connectivity index (χ4n) is 2.10. The molecule has 0 amide bonds. The molecule has 0 spiro atoms. The van der Waals surface area contributed by atoms with Gasteiger partial charge in [-0.1, -0.05) is 31.5 Å². The third kappa shape index (κ3) is 4.04. The van der Waals surface area contributed by atoms with Crippen molar-refractivity contribution in [1.82, 2.24) is 5.32 Å². The van der Waals surface area contributed by atoms with Crippen molar-refractivity contribution < 1.29 is 4.39 Å². The van der Waals surface area contributed by atoms with E-state index in [4.69, 9.17) is 16.9 Å². The van der Waals surface area contributed by atoms with E-state index in [1.165, 1.54) is 12.1 Å². The summed E-state index contributed by atoms with van der Waals surface area (Å²) in [4.78, 5) is 0. The highest BCUT2D eigenvalue weighted by molar-refractivity contribution is 6.30. The summed E-state index contributed by atoms with van der Waals surface area (Å²) in [7, 11) is 0. The first-order valence-corrected chi connectivity index (χ1v) is 7.10. The topological polar surface area (TPSA) is 35.8 Å². The number of nitrogens with one attached hydrogen (secondary N) is 1. The van der Waals surface area contributed by atoms with Crippen LogP contribution in [0.1, 0.15) is 25.0 Å². The van der Waals surface area contributed by atoms with Gasteiger partial charge in [-0.3, -0.25) is 0 Å². The van der Waals surface area contributed by atoms with Crippen LogP contribution in [-0.2, 0) is 6.54 Å². The number of halogens is 2. The van der Waals surface area contributed by atoms with E-state index in [0.717, 1.165) is 11.1 Å². The van der Waals surface area contributed by atoms with E-state index in [-0.39, 0.29) is 0 Å². The SMILES string of the molecule is CC(C)NCc1ccc(Cl)cc1-c1cc(F)cc(C#N)c1. The first-order valence-electron chi connectivity index (χ1n) is 6.72. The van der Waals surface area contributed by atoms with E-state index in [2.05, 4.69) is 19.2 Å². The average molecular weight is 303 g/mol. The number of nitrogens with zero attached hydrogens (tertiary/aromatic N) is 1. The molecular formula is C17H16ClFN2. The Morgan fingerprint density at radius 2 is 2.00 bits per heavy atom. The van der Waals surface area contributed by atoms with Gasteiger partial charge in [-0.25, -0.2) is 4.39 Å². The fraction of sp³-hybridized carbons (Fsp3) is 0.235. The lowest BCUT2D eigenvalue weighted by atomic mass is 9.98. The molecule has 0 bridgehead atoms. The number of hydrogen-bond donors (Lipinski definition) is 1. The van der Waals surface area contributed by atoms with Gasteiger partial charge in [-0.05, 0) is 47.0 Å². The Morgan fingerprint density at radius 1 is 1.24 bits per heavy atom. The van der Waals surface area contributed by atoms with Gasteiger partial charge in [-0.2, -0.15) is 5.26 Å². The lowest BCUT2D eigenvalue weighted by Crippen LogP contribution is -2.22. The largest absolute Gasteiger partial charge is 0.310 e. The van der Waals surface area contributed by atoms with Gasteiger partial charge in [0.1, 0.15) is 5.82 Å². The van der Waals surface area contributed by atoms with Gasteiger partial charge >= 0.3 is 0 Å². The summed E-state index contributed by atoms with van der Waals surface area (Å²) in [5.74, 6) is -0.424. The minimum absolute atomic E-state index is 0.299. The van der Waals surface area contributed by atoms with Crippen molar-refractivity contribution in [2.75, 3.05) is 0 Å². The van der Waals surface area contributed by atoms with E-state index in [1.807, 2.05) is 18.2 Å². The van der Waals surface area contributed by atoms with Crippen LogP contribution in [0.2, 0.25) is 5.02 Å². The standard InChI is InChI=1S/C17H16ClFN2/c1-11(2)21-10-13-3-4-15(18)8-17(13)14-5-12(9-20)6-16(19)7-14/h3-8,11,21H,10H2,1-2H3. The lowest BCUT2D eigenvalue weighted by Gasteiger charge is -2.14. The maximum Gasteiger partial charge on any atom is 0.125 e. The van der Waals surface area contributed by atoms with E-state index in [9.17, 15) is 4.39 Å². The van der Waals surface area contributed by atoms with Crippen molar-refractivity contribution in [3.63, 3.8) is 0 Å². The van der Waals surface area contributed by atoms with Crippen LogP contribution < -0.4 is 5.32 Å². The highest BCUT2D eigenvalue weighted by Crippen LogP contribution is 2.28. The van der Waals surface area contributed by atoms with Crippen LogP contribution >= 0.6 is 11.6 Å². The molecule has 0 aliphatic carbocycles. The molecule has 0 radical (unpaired) electrons. The Morgan fingerprint density at radius 3 is 2.67 bits per heavy atom. The summed E-state index contributed by atoms with van der Waals surface area (Å²) in [5.41, 5.74) is 2.82. The maximum absolute atomic E-state index is 13.6. The molecule has 21 heavy (non-hydrogen) atoms. The molecular weight excluding hydrogens is 287 g/mol. The molecule has 0 saturated heterocycles. The molecule has 2 aromatic rings. The number of hydrogen-bond acceptors (Lipinski definition) is 2. The third-order valence-electron chi connectivity index (χ3n) is 3.11. The maximum atomic E-state index is 13.6. The molecule has 2 aromatic carbocycles. The molecule has 0 unspecified atom stereocenters. The number of rotatable bonds is 4. The van der Waals surface area contributed by atoms with E-state index >= 15 is 0 Å². The molecule has 0 saturated carbocycles. The molecule has 4 heteroatoms. The van der Waals surface area contributed by atoms with Crippen molar-refractivity contribution in [2.24, 2.45) is 0 Å². The molecule has 0 aliphatic rings. The highest BCUT2D eigenvalue weighted by atomic mass is 35.5. The molecule has 2 rings (SSSR count). The number of nitriles is 1. The average Bonchev–Trinajstić information content (AvgIpc) is 2.45. The van der Waals surface area contributed by atoms with Crippen molar-refractivity contribution in [2.45, 2.75) is 26.4 Å². The quantitative estimate of drug-likeness (QED) is 0.901. The third-order valence-corrected chi connectivity index (χ3v) is 3.35. The van der Waals surface area contributed by atoms with Crippen LogP contribution in [-0.4, -0.2) is 6.04 Å². The molecule has 2 nitrogen and oxygen atoms in total. The predicted octanol–water partition coefficient (Wildman–Crippen LogP) is 4.52. The van der Waals surface area contributed by atoms with Gasteiger partial charge < -0.3 is 5.32 Å². The summed E-state index contributed by atoms with van der Waals surface area (Å²) in [6, 6.07) is 12.2. The monoisotopic (exact) mass is 302 g/mol. The molecule has 1 N–H and O–H groups in total. The molecule has 0 fully saturated rings. The first kappa shape index (κ1) is 15.5. The second-order valence-electron chi connectivity index (χ2n) is 5.18. The minimum atomic E-state index is -0.424. The zero-order valence-electron chi connectivity index (χ0n) is 12.0. The lowest BCUT2D eigenvalue weighted by molar-refractivity contribution is 0.589. The smallest absolute Gasteiger partial charge is 0.125 e. The zero-order valence-corrected chi connectivity index (χ0v) is 12.7. The summed E-state index contributed by atoms with van der Waals surface area (Å²) in [6.45, 7) is 4.78. The zero-order chi connectivity index (χ0) is 15.4. The van der Waals surface area contributed by atoms with Crippen LogP contribution in [0.5, 0.6) is 0 Å². The summed E-state index contributed by atoms with van der Waals surface area (Å²) in [5, 5.41) is 12.9. The Kier molecular flexibility index (Phi) is 4.95. The van der Waals surface area contributed by atoms with E-state index in [0.29, 0.717) is 28.7 Å². The van der Waals surface area contributed by atoms with E-state index < -0.39 is 5.82 Å².